The first-order chi connectivity index (χ1) is 11.0. The summed E-state index contributed by atoms with van der Waals surface area (Å²) in [5.74, 6) is 0.651. The van der Waals surface area contributed by atoms with E-state index in [4.69, 9.17) is 4.74 Å². The van der Waals surface area contributed by atoms with Crippen LogP contribution in [0.5, 0.6) is 0 Å². The number of carbonyl (C=O) groups excluding carboxylic acids is 1. The smallest absolute Gasteiger partial charge is 0.358 e. The van der Waals surface area contributed by atoms with E-state index in [1.54, 1.807) is 29.8 Å². The molecule has 0 saturated carbocycles. The van der Waals surface area contributed by atoms with Crippen LogP contribution < -0.4 is 4.90 Å². The lowest BCUT2D eigenvalue weighted by atomic mass is 9.92. The lowest BCUT2D eigenvalue weighted by Gasteiger charge is -2.46. The Labute approximate surface area is 134 Å². The fraction of sp³-hybridized carbons (Fsp3) is 0.412. The maximum absolute atomic E-state index is 13.2. The zero-order chi connectivity index (χ0) is 16.6. The molecule has 1 saturated heterocycles. The van der Waals surface area contributed by atoms with Crippen molar-refractivity contribution >= 4 is 11.8 Å². The van der Waals surface area contributed by atoms with Crippen LogP contribution in [0.3, 0.4) is 0 Å². The SMILES string of the molecule is CCOC(=O)c1cc(N2C[C@H](C)[C@H]2C)n(-c2ccc(F)cc2)n1. The molecular formula is C17H20FN3O2. The largest absolute Gasteiger partial charge is 0.461 e. The van der Waals surface area contributed by atoms with E-state index in [0.29, 0.717) is 24.3 Å². The minimum atomic E-state index is -0.448. The van der Waals surface area contributed by atoms with E-state index in [9.17, 15) is 9.18 Å². The molecule has 1 aliphatic heterocycles. The van der Waals surface area contributed by atoms with Crippen molar-refractivity contribution in [3.05, 3.63) is 41.8 Å². The van der Waals surface area contributed by atoms with Gasteiger partial charge in [0.05, 0.1) is 12.3 Å². The molecule has 3 rings (SSSR count). The van der Waals surface area contributed by atoms with E-state index in [1.165, 1.54) is 12.1 Å². The third-order valence-electron chi connectivity index (χ3n) is 4.34. The molecule has 23 heavy (non-hydrogen) atoms. The standard InChI is InChI=1S/C17H20FN3O2/c1-4-23-17(22)15-9-16(20-10-11(2)12(20)3)21(19-15)14-7-5-13(18)6-8-14/h5-9,11-12H,4,10H2,1-3H3/t11-,12+/m0/s1. The van der Waals surface area contributed by atoms with Gasteiger partial charge in [-0.05, 0) is 44.0 Å². The molecule has 1 aliphatic rings. The molecule has 1 fully saturated rings. The summed E-state index contributed by atoms with van der Waals surface area (Å²) in [6, 6.07) is 8.16. The molecule has 2 heterocycles. The maximum atomic E-state index is 13.2. The molecule has 6 heteroatoms. The monoisotopic (exact) mass is 317 g/mol. The van der Waals surface area contributed by atoms with Gasteiger partial charge in [-0.2, -0.15) is 5.10 Å². The van der Waals surface area contributed by atoms with E-state index in [-0.39, 0.29) is 11.5 Å². The van der Waals surface area contributed by atoms with Crippen molar-refractivity contribution in [2.75, 3.05) is 18.1 Å². The van der Waals surface area contributed by atoms with Crippen LogP contribution in [0.2, 0.25) is 0 Å². The van der Waals surface area contributed by atoms with Crippen LogP contribution in [0.25, 0.3) is 5.69 Å². The van der Waals surface area contributed by atoms with Crippen molar-refractivity contribution in [2.24, 2.45) is 5.92 Å². The lowest BCUT2D eigenvalue weighted by molar-refractivity contribution is 0.0519. The van der Waals surface area contributed by atoms with Gasteiger partial charge in [0, 0.05) is 18.7 Å². The molecule has 0 amide bonds. The molecule has 1 aromatic heterocycles. The minimum absolute atomic E-state index is 0.262. The maximum Gasteiger partial charge on any atom is 0.358 e. The van der Waals surface area contributed by atoms with E-state index >= 15 is 0 Å². The number of halogens is 1. The molecule has 2 aromatic rings. The van der Waals surface area contributed by atoms with E-state index in [0.717, 1.165) is 12.4 Å². The van der Waals surface area contributed by atoms with Crippen molar-refractivity contribution in [3.63, 3.8) is 0 Å². The lowest BCUT2D eigenvalue weighted by Crippen LogP contribution is -2.54. The average molecular weight is 317 g/mol. The molecule has 1 aromatic carbocycles. The molecule has 0 aliphatic carbocycles. The summed E-state index contributed by atoms with van der Waals surface area (Å²) in [5.41, 5.74) is 0.974. The predicted molar refractivity (Wildman–Crippen MR) is 85.5 cm³/mol. The Kier molecular flexibility index (Phi) is 4.07. The van der Waals surface area contributed by atoms with Crippen LogP contribution in [0, 0.1) is 11.7 Å². The average Bonchev–Trinajstić information content (AvgIpc) is 2.97. The number of nitrogens with zero attached hydrogens (tertiary/aromatic N) is 3. The van der Waals surface area contributed by atoms with Crippen molar-refractivity contribution < 1.29 is 13.9 Å². The summed E-state index contributed by atoms with van der Waals surface area (Å²) in [6.07, 6.45) is 0. The number of anilines is 1. The van der Waals surface area contributed by atoms with Gasteiger partial charge in [0.1, 0.15) is 11.6 Å². The number of hydrogen-bond donors (Lipinski definition) is 0. The Morgan fingerprint density at radius 1 is 1.35 bits per heavy atom. The number of rotatable bonds is 4. The topological polar surface area (TPSA) is 47.4 Å². The summed E-state index contributed by atoms with van der Waals surface area (Å²) in [7, 11) is 0. The highest BCUT2D eigenvalue weighted by atomic mass is 19.1. The van der Waals surface area contributed by atoms with Gasteiger partial charge < -0.3 is 9.64 Å². The molecule has 0 spiro atoms. The van der Waals surface area contributed by atoms with Gasteiger partial charge in [0.15, 0.2) is 5.69 Å². The van der Waals surface area contributed by atoms with Gasteiger partial charge >= 0.3 is 5.97 Å². The number of esters is 1. The molecule has 0 N–H and O–H groups in total. The quantitative estimate of drug-likeness (QED) is 0.813. The number of ether oxygens (including phenoxy) is 1. The van der Waals surface area contributed by atoms with Crippen LogP contribution in [-0.4, -0.2) is 34.9 Å². The number of carbonyl (C=O) groups is 1. The van der Waals surface area contributed by atoms with Gasteiger partial charge in [-0.25, -0.2) is 13.9 Å². The van der Waals surface area contributed by atoms with Crippen molar-refractivity contribution in [1.82, 2.24) is 9.78 Å². The van der Waals surface area contributed by atoms with E-state index < -0.39 is 5.97 Å². The third-order valence-corrected chi connectivity index (χ3v) is 4.34. The first kappa shape index (κ1) is 15.5. The molecule has 0 radical (unpaired) electrons. The summed E-state index contributed by atoms with van der Waals surface area (Å²) >= 11 is 0. The highest BCUT2D eigenvalue weighted by Gasteiger charge is 2.35. The first-order valence-corrected chi connectivity index (χ1v) is 7.81. The fourth-order valence-corrected chi connectivity index (χ4v) is 2.75. The second-order valence-corrected chi connectivity index (χ2v) is 5.87. The molecule has 0 bridgehead atoms. The van der Waals surface area contributed by atoms with E-state index in [2.05, 4.69) is 23.8 Å². The Balaban J connectivity index is 2.01. The van der Waals surface area contributed by atoms with Crippen molar-refractivity contribution in [3.8, 4) is 5.69 Å². The van der Waals surface area contributed by atoms with Gasteiger partial charge in [0.25, 0.3) is 0 Å². The highest BCUT2D eigenvalue weighted by molar-refractivity contribution is 5.88. The molecular weight excluding hydrogens is 297 g/mol. The second-order valence-electron chi connectivity index (χ2n) is 5.87. The second kappa shape index (κ2) is 6.02. The first-order valence-electron chi connectivity index (χ1n) is 7.81. The van der Waals surface area contributed by atoms with Crippen molar-refractivity contribution in [2.45, 2.75) is 26.8 Å². The Morgan fingerprint density at radius 2 is 2.04 bits per heavy atom. The number of benzene rings is 1. The predicted octanol–water partition coefficient (Wildman–Crippen LogP) is 3.03. The minimum Gasteiger partial charge on any atom is -0.461 e. The highest BCUT2D eigenvalue weighted by Crippen LogP contribution is 2.32. The third kappa shape index (κ3) is 2.81. The van der Waals surface area contributed by atoms with Crippen LogP contribution in [-0.2, 0) is 4.74 Å². The van der Waals surface area contributed by atoms with Crippen LogP contribution in [0.15, 0.2) is 30.3 Å². The van der Waals surface area contributed by atoms with Crippen LogP contribution in [0.1, 0.15) is 31.3 Å². The normalized spacial score (nSPS) is 20.3. The Hall–Kier alpha value is -2.37. The van der Waals surface area contributed by atoms with Crippen LogP contribution in [0.4, 0.5) is 10.2 Å². The molecule has 2 atom stereocenters. The molecule has 0 unspecified atom stereocenters. The van der Waals surface area contributed by atoms with E-state index in [1.807, 2.05) is 0 Å². The number of aromatic nitrogens is 2. The van der Waals surface area contributed by atoms with Gasteiger partial charge in [0.2, 0.25) is 0 Å². The summed E-state index contributed by atoms with van der Waals surface area (Å²) in [6.45, 7) is 7.28. The summed E-state index contributed by atoms with van der Waals surface area (Å²) in [5, 5.41) is 4.37. The van der Waals surface area contributed by atoms with Gasteiger partial charge in [-0.1, -0.05) is 6.92 Å². The molecule has 5 nitrogen and oxygen atoms in total. The Morgan fingerprint density at radius 3 is 2.61 bits per heavy atom. The zero-order valence-electron chi connectivity index (χ0n) is 13.5. The van der Waals surface area contributed by atoms with Crippen LogP contribution >= 0.6 is 0 Å². The fourth-order valence-electron chi connectivity index (χ4n) is 2.75. The van der Waals surface area contributed by atoms with Crippen molar-refractivity contribution in [1.29, 1.82) is 0 Å². The van der Waals surface area contributed by atoms with Gasteiger partial charge in [-0.15, -0.1) is 0 Å². The molecule has 122 valence electrons. The summed E-state index contributed by atoms with van der Waals surface area (Å²) < 4.78 is 19.9. The Bertz CT molecular complexity index is 711. The van der Waals surface area contributed by atoms with Gasteiger partial charge in [-0.3, -0.25) is 0 Å². The summed E-state index contributed by atoms with van der Waals surface area (Å²) in [4.78, 5) is 14.2. The zero-order valence-corrected chi connectivity index (χ0v) is 13.5. The number of hydrogen-bond acceptors (Lipinski definition) is 4.